The zero-order valence-corrected chi connectivity index (χ0v) is 16.2. The second-order valence-electron chi connectivity index (χ2n) is 6.54. The molecule has 7 heteroatoms. The molecular weight excluding hydrogens is 352 g/mol. The molecule has 140 valence electrons. The largest absolute Gasteiger partial charge is 0.497 e. The Balaban J connectivity index is 1.57. The Labute approximate surface area is 159 Å². The van der Waals surface area contributed by atoms with Crippen molar-refractivity contribution in [1.82, 2.24) is 14.9 Å². The van der Waals surface area contributed by atoms with Gasteiger partial charge < -0.3 is 14.4 Å². The van der Waals surface area contributed by atoms with Crippen LogP contribution >= 0.6 is 11.6 Å². The van der Waals surface area contributed by atoms with E-state index in [1.807, 2.05) is 6.07 Å². The predicted octanol–water partition coefficient (Wildman–Crippen LogP) is 3.25. The SMILES string of the molecule is COc1cc(CN2CCC(N(C)c3ncc(Cl)cn3)CC2)cc(OC)c1. The molecular formula is C19H25ClN4O2. The van der Waals surface area contributed by atoms with Crippen molar-refractivity contribution in [2.45, 2.75) is 25.4 Å². The Bertz CT molecular complexity index is 696. The van der Waals surface area contributed by atoms with E-state index in [-0.39, 0.29) is 0 Å². The van der Waals surface area contributed by atoms with Crippen molar-refractivity contribution in [3.63, 3.8) is 0 Å². The summed E-state index contributed by atoms with van der Waals surface area (Å²) in [7, 11) is 5.41. The average Bonchev–Trinajstić information content (AvgIpc) is 2.68. The summed E-state index contributed by atoms with van der Waals surface area (Å²) in [6, 6.07) is 6.48. The molecule has 1 saturated heterocycles. The molecule has 2 heterocycles. The van der Waals surface area contributed by atoms with Crippen molar-refractivity contribution >= 4 is 17.5 Å². The quantitative estimate of drug-likeness (QED) is 0.771. The lowest BCUT2D eigenvalue weighted by molar-refractivity contribution is 0.202. The second-order valence-corrected chi connectivity index (χ2v) is 6.98. The molecule has 3 rings (SSSR count). The summed E-state index contributed by atoms with van der Waals surface area (Å²) in [4.78, 5) is 13.3. The first-order valence-corrected chi connectivity index (χ1v) is 9.11. The van der Waals surface area contributed by atoms with Crippen LogP contribution in [0.25, 0.3) is 0 Å². The fourth-order valence-corrected chi connectivity index (χ4v) is 3.43. The van der Waals surface area contributed by atoms with Crippen LogP contribution in [-0.2, 0) is 6.54 Å². The number of methoxy groups -OCH3 is 2. The van der Waals surface area contributed by atoms with Crippen LogP contribution in [0.2, 0.25) is 5.02 Å². The summed E-state index contributed by atoms with van der Waals surface area (Å²) >= 11 is 5.87. The Kier molecular flexibility index (Phi) is 6.16. The molecule has 0 radical (unpaired) electrons. The second kappa shape index (κ2) is 8.56. The summed E-state index contributed by atoms with van der Waals surface area (Å²) < 4.78 is 10.7. The molecule has 1 aliphatic rings. The molecule has 0 saturated carbocycles. The summed E-state index contributed by atoms with van der Waals surface area (Å²) in [5.74, 6) is 2.38. The minimum absolute atomic E-state index is 0.437. The van der Waals surface area contributed by atoms with Gasteiger partial charge in [-0.05, 0) is 30.5 Å². The first kappa shape index (κ1) is 18.7. The van der Waals surface area contributed by atoms with Gasteiger partial charge in [-0.2, -0.15) is 0 Å². The summed E-state index contributed by atoms with van der Waals surface area (Å²) in [5.41, 5.74) is 1.20. The number of rotatable bonds is 6. The molecule has 0 aliphatic carbocycles. The Morgan fingerprint density at radius 3 is 2.19 bits per heavy atom. The number of piperidine rings is 1. The maximum atomic E-state index is 5.87. The van der Waals surface area contributed by atoms with Crippen LogP contribution in [0.5, 0.6) is 11.5 Å². The number of benzene rings is 1. The Morgan fingerprint density at radius 1 is 1.08 bits per heavy atom. The number of aromatic nitrogens is 2. The fraction of sp³-hybridized carbons (Fsp3) is 0.474. The van der Waals surface area contributed by atoms with Gasteiger partial charge in [-0.15, -0.1) is 0 Å². The molecule has 26 heavy (non-hydrogen) atoms. The van der Waals surface area contributed by atoms with E-state index in [2.05, 4.69) is 38.9 Å². The number of ether oxygens (including phenoxy) is 2. The lowest BCUT2D eigenvalue weighted by Gasteiger charge is -2.36. The maximum Gasteiger partial charge on any atom is 0.225 e. The third-order valence-electron chi connectivity index (χ3n) is 4.84. The third-order valence-corrected chi connectivity index (χ3v) is 5.04. The first-order chi connectivity index (χ1) is 12.6. The average molecular weight is 377 g/mol. The molecule has 0 bridgehead atoms. The van der Waals surface area contributed by atoms with Crippen LogP contribution in [0.4, 0.5) is 5.95 Å². The van der Waals surface area contributed by atoms with Crippen LogP contribution in [0.3, 0.4) is 0 Å². The number of hydrogen-bond donors (Lipinski definition) is 0. The van der Waals surface area contributed by atoms with Gasteiger partial charge in [-0.3, -0.25) is 4.90 Å². The number of anilines is 1. The highest BCUT2D eigenvalue weighted by Gasteiger charge is 2.24. The number of nitrogens with zero attached hydrogens (tertiary/aromatic N) is 4. The molecule has 0 amide bonds. The zero-order chi connectivity index (χ0) is 18.5. The van der Waals surface area contributed by atoms with Crippen LogP contribution in [0.1, 0.15) is 18.4 Å². The smallest absolute Gasteiger partial charge is 0.225 e. The van der Waals surface area contributed by atoms with Crippen molar-refractivity contribution in [3.05, 3.63) is 41.2 Å². The Morgan fingerprint density at radius 2 is 1.65 bits per heavy atom. The molecule has 0 atom stereocenters. The predicted molar refractivity (Wildman–Crippen MR) is 103 cm³/mol. The van der Waals surface area contributed by atoms with E-state index >= 15 is 0 Å². The number of halogens is 1. The normalized spacial score (nSPS) is 15.7. The first-order valence-electron chi connectivity index (χ1n) is 8.73. The zero-order valence-electron chi connectivity index (χ0n) is 15.5. The van der Waals surface area contributed by atoms with Gasteiger partial charge in [0.25, 0.3) is 0 Å². The molecule has 6 nitrogen and oxygen atoms in total. The van der Waals surface area contributed by atoms with Crippen molar-refractivity contribution in [1.29, 1.82) is 0 Å². The van der Waals surface area contributed by atoms with Gasteiger partial charge in [0.15, 0.2) is 0 Å². The van der Waals surface area contributed by atoms with E-state index < -0.39 is 0 Å². The van der Waals surface area contributed by atoms with E-state index in [1.165, 1.54) is 5.56 Å². The van der Waals surface area contributed by atoms with Gasteiger partial charge in [0, 0.05) is 38.8 Å². The van der Waals surface area contributed by atoms with Gasteiger partial charge in [0.1, 0.15) is 11.5 Å². The highest BCUT2D eigenvalue weighted by atomic mass is 35.5. The van der Waals surface area contributed by atoms with Gasteiger partial charge in [0.2, 0.25) is 5.95 Å². The number of likely N-dealkylation sites (tertiary alicyclic amines) is 1. The molecule has 1 aromatic heterocycles. The molecule has 1 aromatic carbocycles. The van der Waals surface area contributed by atoms with Crippen molar-refractivity contribution in [3.8, 4) is 11.5 Å². The fourth-order valence-electron chi connectivity index (χ4n) is 3.33. The van der Waals surface area contributed by atoms with Crippen molar-refractivity contribution in [2.75, 3.05) is 39.3 Å². The number of hydrogen-bond acceptors (Lipinski definition) is 6. The van der Waals surface area contributed by atoms with Crippen LogP contribution in [0, 0.1) is 0 Å². The van der Waals surface area contributed by atoms with E-state index in [9.17, 15) is 0 Å². The standard InChI is InChI=1S/C19H25ClN4O2/c1-23(19-21-11-15(20)12-22-19)16-4-6-24(7-5-16)13-14-8-17(25-2)10-18(9-14)26-3/h8-12,16H,4-7,13H2,1-3H3. The lowest BCUT2D eigenvalue weighted by atomic mass is 10.0. The van der Waals surface area contributed by atoms with Crippen LogP contribution in [0.15, 0.2) is 30.6 Å². The van der Waals surface area contributed by atoms with E-state index in [0.717, 1.165) is 49.9 Å². The molecule has 1 aliphatic heterocycles. The van der Waals surface area contributed by atoms with Gasteiger partial charge >= 0.3 is 0 Å². The topological polar surface area (TPSA) is 50.7 Å². The Hall–Kier alpha value is -2.05. The van der Waals surface area contributed by atoms with Crippen molar-refractivity contribution < 1.29 is 9.47 Å². The monoisotopic (exact) mass is 376 g/mol. The summed E-state index contributed by atoms with van der Waals surface area (Å²) in [5, 5.41) is 0.561. The maximum absolute atomic E-state index is 5.87. The molecule has 0 unspecified atom stereocenters. The third kappa shape index (κ3) is 4.56. The molecule has 2 aromatic rings. The van der Waals surface area contributed by atoms with Crippen LogP contribution in [-0.4, -0.2) is 55.3 Å². The van der Waals surface area contributed by atoms with Gasteiger partial charge in [-0.1, -0.05) is 11.6 Å². The van der Waals surface area contributed by atoms with E-state index in [1.54, 1.807) is 26.6 Å². The van der Waals surface area contributed by atoms with Crippen molar-refractivity contribution in [2.24, 2.45) is 0 Å². The highest BCUT2D eigenvalue weighted by Crippen LogP contribution is 2.25. The minimum Gasteiger partial charge on any atom is -0.497 e. The van der Waals surface area contributed by atoms with Gasteiger partial charge in [0.05, 0.1) is 31.6 Å². The van der Waals surface area contributed by atoms with Crippen LogP contribution < -0.4 is 14.4 Å². The van der Waals surface area contributed by atoms with Gasteiger partial charge in [-0.25, -0.2) is 9.97 Å². The summed E-state index contributed by atoms with van der Waals surface area (Å²) in [6.07, 6.45) is 5.44. The lowest BCUT2D eigenvalue weighted by Crippen LogP contribution is -2.43. The molecule has 1 fully saturated rings. The molecule has 0 N–H and O–H groups in total. The minimum atomic E-state index is 0.437. The van der Waals surface area contributed by atoms with E-state index in [4.69, 9.17) is 21.1 Å². The molecule has 0 spiro atoms. The summed E-state index contributed by atoms with van der Waals surface area (Å²) in [6.45, 7) is 2.95. The highest BCUT2D eigenvalue weighted by molar-refractivity contribution is 6.30. The van der Waals surface area contributed by atoms with E-state index in [0.29, 0.717) is 11.1 Å².